The Bertz CT molecular complexity index is 189. The predicted octanol–water partition coefficient (Wildman–Crippen LogP) is -0.0323. The lowest BCUT2D eigenvalue weighted by Gasteiger charge is -2.21. The number of rotatable bonds is 4. The lowest BCUT2D eigenvalue weighted by atomic mass is 10.2. The summed E-state index contributed by atoms with van der Waals surface area (Å²) in [4.78, 5) is 13.4. The van der Waals surface area contributed by atoms with Gasteiger partial charge in [-0.25, -0.2) is 0 Å². The molecule has 2 atom stereocenters. The van der Waals surface area contributed by atoms with Crippen molar-refractivity contribution in [3.63, 3.8) is 0 Å². The number of hydrogen-bond donors (Lipinski definition) is 2. The van der Waals surface area contributed by atoms with Gasteiger partial charge < -0.3 is 15.3 Å². The number of likely N-dealkylation sites (N-methyl/N-ethyl adjacent to an activating group) is 1. The third kappa shape index (κ3) is 3.27. The third-order valence-corrected chi connectivity index (χ3v) is 2.62. The van der Waals surface area contributed by atoms with Crippen LogP contribution in [0.1, 0.15) is 26.2 Å². The van der Waals surface area contributed by atoms with Crippen LogP contribution in [-0.4, -0.2) is 48.2 Å². The summed E-state index contributed by atoms with van der Waals surface area (Å²) >= 11 is 0. The quantitative estimate of drug-likeness (QED) is 0.670. The number of amides is 1. The Labute approximate surface area is 85.3 Å². The van der Waals surface area contributed by atoms with Gasteiger partial charge in [0.25, 0.3) is 0 Å². The van der Waals surface area contributed by atoms with Crippen molar-refractivity contribution in [3.05, 3.63) is 0 Å². The van der Waals surface area contributed by atoms with E-state index in [1.165, 1.54) is 0 Å². The average molecular weight is 200 g/mol. The van der Waals surface area contributed by atoms with Crippen LogP contribution in [0.4, 0.5) is 0 Å². The molecule has 0 aromatic carbocycles. The topological polar surface area (TPSA) is 52.6 Å². The van der Waals surface area contributed by atoms with E-state index >= 15 is 0 Å². The number of aliphatic hydroxyl groups is 1. The van der Waals surface area contributed by atoms with Crippen LogP contribution < -0.4 is 5.32 Å². The number of hydrogen-bond acceptors (Lipinski definition) is 3. The molecule has 0 radical (unpaired) electrons. The molecule has 1 saturated heterocycles. The van der Waals surface area contributed by atoms with Gasteiger partial charge in [0.2, 0.25) is 5.91 Å². The number of aliphatic hydroxyl groups excluding tert-OH is 1. The molecular formula is C10H20N2O2. The van der Waals surface area contributed by atoms with Crippen molar-refractivity contribution in [1.82, 2.24) is 10.2 Å². The fourth-order valence-corrected chi connectivity index (χ4v) is 1.65. The van der Waals surface area contributed by atoms with E-state index in [1.807, 2.05) is 0 Å². The molecule has 1 rings (SSSR count). The normalized spacial score (nSPS) is 23.5. The van der Waals surface area contributed by atoms with Gasteiger partial charge in [0.15, 0.2) is 0 Å². The van der Waals surface area contributed by atoms with Crippen LogP contribution in [0, 0.1) is 0 Å². The summed E-state index contributed by atoms with van der Waals surface area (Å²) in [5.74, 6) is 0.156. The first-order chi connectivity index (χ1) is 6.61. The van der Waals surface area contributed by atoms with Gasteiger partial charge in [0, 0.05) is 13.6 Å². The smallest absolute Gasteiger partial charge is 0.239 e. The summed E-state index contributed by atoms with van der Waals surface area (Å²) in [6.45, 7) is 3.32. The maximum absolute atomic E-state index is 11.7. The zero-order valence-electron chi connectivity index (χ0n) is 8.99. The van der Waals surface area contributed by atoms with Crippen LogP contribution in [0.15, 0.2) is 0 Å². The van der Waals surface area contributed by atoms with Crippen LogP contribution in [-0.2, 0) is 4.79 Å². The highest BCUT2D eigenvalue weighted by molar-refractivity contribution is 5.81. The second-order valence-electron chi connectivity index (χ2n) is 4.05. The van der Waals surface area contributed by atoms with Crippen molar-refractivity contribution in [2.75, 3.05) is 20.1 Å². The van der Waals surface area contributed by atoms with Gasteiger partial charge in [-0.15, -0.1) is 0 Å². The summed E-state index contributed by atoms with van der Waals surface area (Å²) in [5, 5.41) is 12.3. The van der Waals surface area contributed by atoms with Gasteiger partial charge >= 0.3 is 0 Å². The molecule has 0 aromatic heterocycles. The minimum Gasteiger partial charge on any atom is -0.393 e. The van der Waals surface area contributed by atoms with E-state index in [-0.39, 0.29) is 18.1 Å². The molecule has 82 valence electrons. The van der Waals surface area contributed by atoms with E-state index in [9.17, 15) is 4.79 Å². The number of nitrogens with zero attached hydrogens (tertiary/aromatic N) is 1. The van der Waals surface area contributed by atoms with E-state index in [2.05, 4.69) is 5.32 Å². The third-order valence-electron chi connectivity index (χ3n) is 2.62. The molecule has 1 aliphatic rings. The molecule has 0 aliphatic carbocycles. The van der Waals surface area contributed by atoms with E-state index in [0.29, 0.717) is 13.0 Å². The highest BCUT2D eigenvalue weighted by Crippen LogP contribution is 2.08. The highest BCUT2D eigenvalue weighted by atomic mass is 16.3. The van der Waals surface area contributed by atoms with Crippen LogP contribution in [0.5, 0.6) is 0 Å². The lowest BCUT2D eigenvalue weighted by Crippen LogP contribution is -2.42. The molecule has 1 fully saturated rings. The molecule has 0 saturated carbocycles. The molecule has 1 unspecified atom stereocenters. The first-order valence-electron chi connectivity index (χ1n) is 5.27. The number of carbonyl (C=O) groups is 1. The molecule has 1 amide bonds. The van der Waals surface area contributed by atoms with Gasteiger partial charge in [0.05, 0.1) is 12.1 Å². The molecule has 0 spiro atoms. The summed E-state index contributed by atoms with van der Waals surface area (Å²) in [6.07, 6.45) is 2.34. The first kappa shape index (κ1) is 11.5. The molecule has 4 heteroatoms. The van der Waals surface area contributed by atoms with Gasteiger partial charge in [-0.3, -0.25) is 4.79 Å². The zero-order chi connectivity index (χ0) is 10.6. The van der Waals surface area contributed by atoms with E-state index in [1.54, 1.807) is 18.9 Å². The Morgan fingerprint density at radius 1 is 1.71 bits per heavy atom. The van der Waals surface area contributed by atoms with Crippen molar-refractivity contribution < 1.29 is 9.90 Å². The summed E-state index contributed by atoms with van der Waals surface area (Å²) < 4.78 is 0. The Kier molecular flexibility index (Phi) is 4.35. The number of carbonyl (C=O) groups excluding carboxylic acids is 1. The Hall–Kier alpha value is -0.610. The monoisotopic (exact) mass is 200 g/mol. The molecule has 1 heterocycles. The predicted molar refractivity (Wildman–Crippen MR) is 55.0 cm³/mol. The Morgan fingerprint density at radius 2 is 2.43 bits per heavy atom. The lowest BCUT2D eigenvalue weighted by molar-refractivity contribution is -0.132. The minimum absolute atomic E-state index is 0.00833. The summed E-state index contributed by atoms with van der Waals surface area (Å²) in [7, 11) is 1.80. The molecule has 0 bridgehead atoms. The summed E-state index contributed by atoms with van der Waals surface area (Å²) in [6, 6.07) is 0.00833. The van der Waals surface area contributed by atoms with Crippen molar-refractivity contribution in [2.24, 2.45) is 0 Å². The van der Waals surface area contributed by atoms with Gasteiger partial charge in [-0.2, -0.15) is 0 Å². The molecule has 1 aliphatic heterocycles. The minimum atomic E-state index is -0.332. The highest BCUT2D eigenvalue weighted by Gasteiger charge is 2.24. The van der Waals surface area contributed by atoms with E-state index < -0.39 is 0 Å². The van der Waals surface area contributed by atoms with Crippen molar-refractivity contribution in [2.45, 2.75) is 38.3 Å². The van der Waals surface area contributed by atoms with Crippen LogP contribution in [0.3, 0.4) is 0 Å². The molecule has 0 aromatic rings. The van der Waals surface area contributed by atoms with Gasteiger partial charge in [0.1, 0.15) is 0 Å². The maximum Gasteiger partial charge on any atom is 0.239 e. The second-order valence-corrected chi connectivity index (χ2v) is 4.05. The van der Waals surface area contributed by atoms with Crippen LogP contribution in [0.2, 0.25) is 0 Å². The van der Waals surface area contributed by atoms with Crippen molar-refractivity contribution in [3.8, 4) is 0 Å². The molecule has 4 nitrogen and oxygen atoms in total. The van der Waals surface area contributed by atoms with E-state index in [0.717, 1.165) is 19.4 Å². The SMILES string of the molecule is CC(O)CCN(C)C(=O)[C@@H]1CCCN1. The first-order valence-corrected chi connectivity index (χ1v) is 5.27. The van der Waals surface area contributed by atoms with E-state index in [4.69, 9.17) is 5.11 Å². The fraction of sp³-hybridized carbons (Fsp3) is 0.900. The zero-order valence-corrected chi connectivity index (χ0v) is 8.99. The van der Waals surface area contributed by atoms with Crippen molar-refractivity contribution in [1.29, 1.82) is 0 Å². The molecular weight excluding hydrogens is 180 g/mol. The van der Waals surface area contributed by atoms with Crippen LogP contribution in [0.25, 0.3) is 0 Å². The maximum atomic E-state index is 11.7. The van der Waals surface area contributed by atoms with Gasteiger partial charge in [-0.05, 0) is 32.7 Å². The number of nitrogens with one attached hydrogen (secondary N) is 1. The molecule has 2 N–H and O–H groups in total. The van der Waals surface area contributed by atoms with Crippen molar-refractivity contribution >= 4 is 5.91 Å². The van der Waals surface area contributed by atoms with Crippen LogP contribution >= 0.6 is 0 Å². The Morgan fingerprint density at radius 3 is 2.93 bits per heavy atom. The standard InChI is InChI=1S/C10H20N2O2/c1-8(13)5-7-12(2)10(14)9-4-3-6-11-9/h8-9,11,13H,3-7H2,1-2H3/t8?,9-/m0/s1. The Balaban J connectivity index is 2.28. The largest absolute Gasteiger partial charge is 0.393 e. The summed E-state index contributed by atoms with van der Waals surface area (Å²) in [5.41, 5.74) is 0. The van der Waals surface area contributed by atoms with Gasteiger partial charge in [-0.1, -0.05) is 0 Å². The second kappa shape index (κ2) is 5.32. The average Bonchev–Trinajstić information content (AvgIpc) is 2.65. The molecule has 14 heavy (non-hydrogen) atoms. The fourth-order valence-electron chi connectivity index (χ4n) is 1.65.